The Morgan fingerprint density at radius 1 is 1.35 bits per heavy atom. The molecule has 0 saturated carbocycles. The number of hydrogen-bond donors (Lipinski definition) is 2. The van der Waals surface area contributed by atoms with E-state index in [9.17, 15) is 0 Å². The summed E-state index contributed by atoms with van der Waals surface area (Å²) in [6, 6.07) is 4.48. The summed E-state index contributed by atoms with van der Waals surface area (Å²) >= 11 is 0. The van der Waals surface area contributed by atoms with E-state index in [-0.39, 0.29) is 0 Å². The SMILES string of the molecule is Cc1ccnc(-c2ncc(CNC(C)C)[nH]2)c1. The molecule has 0 aliphatic rings. The summed E-state index contributed by atoms with van der Waals surface area (Å²) in [7, 11) is 0. The second-order valence-electron chi connectivity index (χ2n) is 4.51. The maximum Gasteiger partial charge on any atom is 0.156 e. The molecule has 0 aliphatic carbocycles. The molecule has 2 heterocycles. The van der Waals surface area contributed by atoms with Gasteiger partial charge in [-0.2, -0.15) is 0 Å². The van der Waals surface area contributed by atoms with Crippen LogP contribution in [0.25, 0.3) is 11.5 Å². The molecular formula is C13H18N4. The number of imidazole rings is 1. The molecule has 2 rings (SSSR count). The zero-order valence-corrected chi connectivity index (χ0v) is 10.5. The number of pyridine rings is 1. The first-order valence-electron chi connectivity index (χ1n) is 5.85. The highest BCUT2D eigenvalue weighted by atomic mass is 15.0. The van der Waals surface area contributed by atoms with Crippen LogP contribution in [0, 0.1) is 6.92 Å². The van der Waals surface area contributed by atoms with Gasteiger partial charge in [0.15, 0.2) is 5.82 Å². The molecule has 0 spiro atoms. The third-order valence-electron chi connectivity index (χ3n) is 2.49. The predicted molar refractivity (Wildman–Crippen MR) is 68.5 cm³/mol. The summed E-state index contributed by atoms with van der Waals surface area (Å²) in [5, 5.41) is 3.35. The fraction of sp³-hybridized carbons (Fsp3) is 0.385. The number of rotatable bonds is 4. The molecule has 2 N–H and O–H groups in total. The number of nitrogens with zero attached hydrogens (tertiary/aromatic N) is 2. The third kappa shape index (κ3) is 3.14. The Hall–Kier alpha value is -1.68. The van der Waals surface area contributed by atoms with Gasteiger partial charge in [0.05, 0.1) is 6.20 Å². The first-order chi connectivity index (χ1) is 8.15. The van der Waals surface area contributed by atoms with Gasteiger partial charge in [-0.15, -0.1) is 0 Å². The van der Waals surface area contributed by atoms with Gasteiger partial charge in [-0.25, -0.2) is 4.98 Å². The van der Waals surface area contributed by atoms with Gasteiger partial charge in [-0.05, 0) is 24.6 Å². The molecule has 90 valence electrons. The van der Waals surface area contributed by atoms with Crippen LogP contribution in [-0.4, -0.2) is 21.0 Å². The number of aryl methyl sites for hydroxylation is 1. The highest BCUT2D eigenvalue weighted by molar-refractivity contribution is 5.50. The average molecular weight is 230 g/mol. The van der Waals surface area contributed by atoms with Crippen molar-refractivity contribution in [3.05, 3.63) is 35.8 Å². The van der Waals surface area contributed by atoms with Crippen molar-refractivity contribution in [3.63, 3.8) is 0 Å². The van der Waals surface area contributed by atoms with Crippen molar-refractivity contribution < 1.29 is 0 Å². The molecule has 0 bridgehead atoms. The number of hydrogen-bond acceptors (Lipinski definition) is 3. The van der Waals surface area contributed by atoms with Gasteiger partial charge in [0.2, 0.25) is 0 Å². The fourth-order valence-electron chi connectivity index (χ4n) is 1.56. The summed E-state index contributed by atoms with van der Waals surface area (Å²) in [6.45, 7) is 7.10. The molecule has 2 aromatic rings. The molecular weight excluding hydrogens is 212 g/mol. The topological polar surface area (TPSA) is 53.6 Å². The van der Waals surface area contributed by atoms with E-state index in [2.05, 4.69) is 41.0 Å². The Morgan fingerprint density at radius 2 is 2.18 bits per heavy atom. The summed E-state index contributed by atoms with van der Waals surface area (Å²) in [6.07, 6.45) is 3.66. The van der Waals surface area contributed by atoms with Crippen molar-refractivity contribution in [2.45, 2.75) is 33.4 Å². The highest BCUT2D eigenvalue weighted by Crippen LogP contribution is 2.13. The van der Waals surface area contributed by atoms with Gasteiger partial charge in [0, 0.05) is 24.5 Å². The molecule has 4 heteroatoms. The van der Waals surface area contributed by atoms with Gasteiger partial charge in [-0.3, -0.25) is 4.98 Å². The number of aromatic nitrogens is 3. The van der Waals surface area contributed by atoms with E-state index in [0.29, 0.717) is 6.04 Å². The normalized spacial score (nSPS) is 11.1. The number of nitrogens with one attached hydrogen (secondary N) is 2. The second-order valence-corrected chi connectivity index (χ2v) is 4.51. The number of H-pyrrole nitrogens is 1. The Kier molecular flexibility index (Phi) is 3.54. The minimum atomic E-state index is 0.471. The molecule has 0 amide bonds. The fourth-order valence-corrected chi connectivity index (χ4v) is 1.56. The summed E-state index contributed by atoms with van der Waals surface area (Å²) in [5.74, 6) is 0.828. The smallest absolute Gasteiger partial charge is 0.156 e. The van der Waals surface area contributed by atoms with E-state index in [1.807, 2.05) is 18.3 Å². The minimum absolute atomic E-state index is 0.471. The van der Waals surface area contributed by atoms with Crippen molar-refractivity contribution in [2.75, 3.05) is 0 Å². The van der Waals surface area contributed by atoms with Crippen LogP contribution in [0.2, 0.25) is 0 Å². The summed E-state index contributed by atoms with van der Waals surface area (Å²) < 4.78 is 0. The predicted octanol–water partition coefficient (Wildman–Crippen LogP) is 2.28. The van der Waals surface area contributed by atoms with E-state index in [4.69, 9.17) is 0 Å². The first kappa shape index (κ1) is 11.8. The van der Waals surface area contributed by atoms with Crippen LogP contribution in [0.4, 0.5) is 0 Å². The Balaban J connectivity index is 2.12. The first-order valence-corrected chi connectivity index (χ1v) is 5.85. The van der Waals surface area contributed by atoms with E-state index in [1.165, 1.54) is 5.56 Å². The highest BCUT2D eigenvalue weighted by Gasteiger charge is 2.05. The van der Waals surface area contributed by atoms with Crippen LogP contribution in [0.1, 0.15) is 25.1 Å². The lowest BCUT2D eigenvalue weighted by Crippen LogP contribution is -2.21. The van der Waals surface area contributed by atoms with Crippen LogP contribution in [0.3, 0.4) is 0 Å². The Bertz CT molecular complexity index is 488. The lowest BCUT2D eigenvalue weighted by Gasteiger charge is -2.05. The van der Waals surface area contributed by atoms with E-state index >= 15 is 0 Å². The van der Waals surface area contributed by atoms with Crippen LogP contribution in [0.5, 0.6) is 0 Å². The molecule has 17 heavy (non-hydrogen) atoms. The van der Waals surface area contributed by atoms with E-state index in [1.54, 1.807) is 6.20 Å². The van der Waals surface area contributed by atoms with Gasteiger partial charge < -0.3 is 10.3 Å². The minimum Gasteiger partial charge on any atom is -0.339 e. The maximum absolute atomic E-state index is 4.35. The van der Waals surface area contributed by atoms with Gasteiger partial charge >= 0.3 is 0 Å². The van der Waals surface area contributed by atoms with Crippen molar-refractivity contribution in [2.24, 2.45) is 0 Å². The zero-order valence-electron chi connectivity index (χ0n) is 10.5. The van der Waals surface area contributed by atoms with Crippen LogP contribution < -0.4 is 5.32 Å². The van der Waals surface area contributed by atoms with E-state index in [0.717, 1.165) is 23.8 Å². The van der Waals surface area contributed by atoms with Crippen molar-refractivity contribution in [1.29, 1.82) is 0 Å². The largest absolute Gasteiger partial charge is 0.339 e. The molecule has 2 aromatic heterocycles. The van der Waals surface area contributed by atoms with Gasteiger partial charge in [-0.1, -0.05) is 13.8 Å². The average Bonchev–Trinajstić information content (AvgIpc) is 2.75. The van der Waals surface area contributed by atoms with Crippen LogP contribution >= 0.6 is 0 Å². The lowest BCUT2D eigenvalue weighted by atomic mass is 10.2. The van der Waals surface area contributed by atoms with Crippen LogP contribution in [-0.2, 0) is 6.54 Å². The molecule has 4 nitrogen and oxygen atoms in total. The van der Waals surface area contributed by atoms with Gasteiger partial charge in [0.1, 0.15) is 5.69 Å². The summed E-state index contributed by atoms with van der Waals surface area (Å²) in [4.78, 5) is 11.9. The van der Waals surface area contributed by atoms with Crippen molar-refractivity contribution in [3.8, 4) is 11.5 Å². The van der Waals surface area contributed by atoms with E-state index < -0.39 is 0 Å². The molecule has 0 unspecified atom stereocenters. The quantitative estimate of drug-likeness (QED) is 0.847. The number of aromatic amines is 1. The standard InChI is InChI=1S/C13H18N4/c1-9(2)15-7-11-8-16-13(17-11)12-6-10(3)4-5-14-12/h4-6,8-9,15H,7H2,1-3H3,(H,16,17). The molecule has 0 radical (unpaired) electrons. The summed E-state index contributed by atoms with van der Waals surface area (Å²) in [5.41, 5.74) is 3.16. The molecule has 0 aliphatic heterocycles. The zero-order chi connectivity index (χ0) is 12.3. The molecule has 0 aromatic carbocycles. The van der Waals surface area contributed by atoms with Crippen molar-refractivity contribution in [1.82, 2.24) is 20.3 Å². The molecule has 0 atom stereocenters. The monoisotopic (exact) mass is 230 g/mol. The Labute approximate surface area is 102 Å². The van der Waals surface area contributed by atoms with Gasteiger partial charge in [0.25, 0.3) is 0 Å². The molecule has 0 saturated heterocycles. The van der Waals surface area contributed by atoms with Crippen molar-refractivity contribution >= 4 is 0 Å². The lowest BCUT2D eigenvalue weighted by molar-refractivity contribution is 0.583. The molecule has 0 fully saturated rings. The maximum atomic E-state index is 4.35. The van der Waals surface area contributed by atoms with Crippen LogP contribution in [0.15, 0.2) is 24.5 Å². The Morgan fingerprint density at radius 3 is 2.88 bits per heavy atom. The third-order valence-corrected chi connectivity index (χ3v) is 2.49. The second kappa shape index (κ2) is 5.10.